The molecule has 2 fully saturated rings. The SMILES string of the molecule is Cc1[nH]c2c(c1C(=O)N1CCN3C(=O)OC[C@@H]3C1)C(=O)CCC2. The van der Waals surface area contributed by atoms with Gasteiger partial charge in [-0.05, 0) is 19.8 Å². The van der Waals surface area contributed by atoms with Crippen LogP contribution in [0.5, 0.6) is 0 Å². The maximum Gasteiger partial charge on any atom is 0.410 e. The average molecular weight is 317 g/mol. The summed E-state index contributed by atoms with van der Waals surface area (Å²) in [5.74, 6) is -0.0637. The van der Waals surface area contributed by atoms with Crippen LogP contribution in [0.3, 0.4) is 0 Å². The van der Waals surface area contributed by atoms with E-state index in [4.69, 9.17) is 4.74 Å². The van der Waals surface area contributed by atoms with E-state index in [0.29, 0.717) is 43.8 Å². The second kappa shape index (κ2) is 5.11. The summed E-state index contributed by atoms with van der Waals surface area (Å²) in [6.45, 7) is 3.58. The van der Waals surface area contributed by atoms with E-state index in [2.05, 4.69) is 4.98 Å². The number of Topliss-reactive ketones (excluding diaryl/α,β-unsaturated/α-hetero) is 1. The van der Waals surface area contributed by atoms with Gasteiger partial charge in [-0.2, -0.15) is 0 Å². The first kappa shape index (κ1) is 14.3. The molecule has 3 aliphatic rings. The van der Waals surface area contributed by atoms with Crippen LogP contribution >= 0.6 is 0 Å². The van der Waals surface area contributed by atoms with Gasteiger partial charge in [0.15, 0.2) is 5.78 Å². The summed E-state index contributed by atoms with van der Waals surface area (Å²) in [7, 11) is 0. The average Bonchev–Trinajstić information content (AvgIpc) is 3.07. The second-order valence-electron chi connectivity index (χ2n) is 6.43. The molecule has 4 rings (SSSR count). The summed E-state index contributed by atoms with van der Waals surface area (Å²) >= 11 is 0. The van der Waals surface area contributed by atoms with E-state index >= 15 is 0 Å². The lowest BCUT2D eigenvalue weighted by Crippen LogP contribution is -2.53. The van der Waals surface area contributed by atoms with Crippen LogP contribution in [0.25, 0.3) is 0 Å². The molecule has 0 unspecified atom stereocenters. The number of carbonyl (C=O) groups is 3. The fraction of sp³-hybridized carbons (Fsp3) is 0.562. The van der Waals surface area contributed by atoms with Crippen molar-refractivity contribution in [3.63, 3.8) is 0 Å². The molecule has 0 aromatic carbocycles. The third-order valence-electron chi connectivity index (χ3n) is 4.99. The van der Waals surface area contributed by atoms with Gasteiger partial charge in [0.25, 0.3) is 5.91 Å². The molecule has 7 nitrogen and oxygen atoms in total. The van der Waals surface area contributed by atoms with Crippen molar-refractivity contribution in [2.75, 3.05) is 26.2 Å². The number of hydrogen-bond donors (Lipinski definition) is 1. The number of cyclic esters (lactones) is 1. The Kier molecular flexibility index (Phi) is 3.18. The van der Waals surface area contributed by atoms with Crippen LogP contribution in [0.2, 0.25) is 0 Å². The molecular formula is C16H19N3O4. The van der Waals surface area contributed by atoms with Gasteiger partial charge < -0.3 is 14.6 Å². The number of nitrogens with zero attached hydrogens (tertiary/aromatic N) is 2. The molecule has 0 spiro atoms. The van der Waals surface area contributed by atoms with Gasteiger partial charge in [0.2, 0.25) is 0 Å². The Morgan fingerprint density at radius 2 is 2.09 bits per heavy atom. The molecule has 1 aromatic rings. The van der Waals surface area contributed by atoms with Crippen LogP contribution in [-0.2, 0) is 11.2 Å². The maximum atomic E-state index is 13.0. The fourth-order valence-electron chi connectivity index (χ4n) is 3.83. The summed E-state index contributed by atoms with van der Waals surface area (Å²) in [4.78, 5) is 43.4. The first-order valence-electron chi connectivity index (χ1n) is 8.03. The molecule has 0 radical (unpaired) electrons. The number of nitrogens with one attached hydrogen (secondary N) is 1. The predicted octanol–water partition coefficient (Wildman–Crippen LogP) is 1.12. The van der Waals surface area contributed by atoms with Gasteiger partial charge >= 0.3 is 6.09 Å². The Balaban J connectivity index is 1.62. The Hall–Kier alpha value is -2.31. The van der Waals surface area contributed by atoms with Crippen LogP contribution in [-0.4, -0.2) is 64.9 Å². The van der Waals surface area contributed by atoms with E-state index in [-0.39, 0.29) is 23.8 Å². The molecule has 1 aliphatic carbocycles. The number of aryl methyl sites for hydroxylation is 2. The quantitative estimate of drug-likeness (QED) is 0.841. The summed E-state index contributed by atoms with van der Waals surface area (Å²) in [5, 5.41) is 0. The summed E-state index contributed by atoms with van der Waals surface area (Å²) in [5.41, 5.74) is 2.75. The highest BCUT2D eigenvalue weighted by molar-refractivity contribution is 6.10. The van der Waals surface area contributed by atoms with Crippen molar-refractivity contribution in [3.8, 4) is 0 Å². The number of hydrogen-bond acceptors (Lipinski definition) is 4. The molecular weight excluding hydrogens is 298 g/mol. The largest absolute Gasteiger partial charge is 0.447 e. The molecule has 122 valence electrons. The monoisotopic (exact) mass is 317 g/mol. The van der Waals surface area contributed by atoms with Gasteiger partial charge in [0, 0.05) is 37.4 Å². The van der Waals surface area contributed by atoms with Gasteiger partial charge in [0.05, 0.1) is 17.2 Å². The minimum atomic E-state index is -0.299. The van der Waals surface area contributed by atoms with Gasteiger partial charge in [-0.1, -0.05) is 0 Å². The molecule has 3 heterocycles. The smallest absolute Gasteiger partial charge is 0.410 e. The lowest BCUT2D eigenvalue weighted by molar-refractivity contribution is 0.0613. The van der Waals surface area contributed by atoms with Crippen molar-refractivity contribution < 1.29 is 19.1 Å². The normalized spacial score (nSPS) is 23.6. The number of piperazine rings is 1. The van der Waals surface area contributed by atoms with Gasteiger partial charge in [-0.25, -0.2) is 4.79 Å². The van der Waals surface area contributed by atoms with Crippen molar-refractivity contribution in [3.05, 3.63) is 22.5 Å². The van der Waals surface area contributed by atoms with Crippen molar-refractivity contribution in [1.29, 1.82) is 0 Å². The highest BCUT2D eigenvalue weighted by Gasteiger charge is 2.40. The van der Waals surface area contributed by atoms with Crippen molar-refractivity contribution in [1.82, 2.24) is 14.8 Å². The number of amides is 2. The third kappa shape index (κ3) is 2.14. The minimum absolute atomic E-state index is 0.0527. The predicted molar refractivity (Wildman–Crippen MR) is 80.5 cm³/mol. The number of aromatic amines is 1. The van der Waals surface area contributed by atoms with Crippen LogP contribution < -0.4 is 0 Å². The molecule has 23 heavy (non-hydrogen) atoms. The molecule has 0 bridgehead atoms. The number of fused-ring (bicyclic) bond motifs is 2. The Morgan fingerprint density at radius 1 is 1.26 bits per heavy atom. The Labute approximate surface area is 133 Å². The van der Waals surface area contributed by atoms with Gasteiger partial charge in [-0.3, -0.25) is 14.5 Å². The summed E-state index contributed by atoms with van der Waals surface area (Å²) in [6, 6.07) is -0.0778. The molecule has 7 heteroatoms. The number of ketones is 1. The molecule has 0 saturated carbocycles. The van der Waals surface area contributed by atoms with Crippen LogP contribution in [0.1, 0.15) is 44.9 Å². The van der Waals surface area contributed by atoms with Crippen molar-refractivity contribution in [2.45, 2.75) is 32.2 Å². The van der Waals surface area contributed by atoms with E-state index in [1.54, 1.807) is 9.80 Å². The van der Waals surface area contributed by atoms with Crippen molar-refractivity contribution >= 4 is 17.8 Å². The van der Waals surface area contributed by atoms with Gasteiger partial charge in [0.1, 0.15) is 6.61 Å². The topological polar surface area (TPSA) is 82.7 Å². The standard InChI is InChI=1S/C16H19N3O4/c1-9-13(14-11(17-9)3-2-4-12(14)20)15(21)18-5-6-19-10(7-18)8-23-16(19)22/h10,17H,2-8H2,1H3/t10-/m0/s1. The molecule has 1 N–H and O–H groups in total. The number of rotatable bonds is 1. The van der Waals surface area contributed by atoms with E-state index in [1.807, 2.05) is 6.92 Å². The first-order valence-corrected chi connectivity index (χ1v) is 8.03. The molecule has 2 amide bonds. The summed E-state index contributed by atoms with van der Waals surface area (Å²) in [6.07, 6.45) is 1.85. The zero-order valence-corrected chi connectivity index (χ0v) is 13.1. The maximum absolute atomic E-state index is 13.0. The number of carbonyl (C=O) groups excluding carboxylic acids is 3. The zero-order valence-electron chi connectivity index (χ0n) is 13.1. The zero-order chi connectivity index (χ0) is 16.1. The molecule has 1 atom stereocenters. The third-order valence-corrected chi connectivity index (χ3v) is 4.99. The highest BCUT2D eigenvalue weighted by atomic mass is 16.6. The lowest BCUT2D eigenvalue weighted by Gasteiger charge is -2.35. The van der Waals surface area contributed by atoms with E-state index < -0.39 is 0 Å². The number of H-pyrrole nitrogens is 1. The highest BCUT2D eigenvalue weighted by Crippen LogP contribution is 2.29. The summed E-state index contributed by atoms with van der Waals surface area (Å²) < 4.78 is 5.04. The van der Waals surface area contributed by atoms with E-state index in [0.717, 1.165) is 24.2 Å². The number of aromatic nitrogens is 1. The van der Waals surface area contributed by atoms with Crippen LogP contribution in [0.4, 0.5) is 4.79 Å². The van der Waals surface area contributed by atoms with Gasteiger partial charge in [-0.15, -0.1) is 0 Å². The van der Waals surface area contributed by atoms with Crippen LogP contribution in [0.15, 0.2) is 0 Å². The molecule has 2 saturated heterocycles. The Morgan fingerprint density at radius 3 is 2.91 bits per heavy atom. The minimum Gasteiger partial charge on any atom is -0.447 e. The van der Waals surface area contributed by atoms with Crippen LogP contribution in [0, 0.1) is 6.92 Å². The molecule has 1 aromatic heterocycles. The fourth-order valence-corrected chi connectivity index (χ4v) is 3.83. The Bertz CT molecular complexity index is 708. The lowest BCUT2D eigenvalue weighted by atomic mass is 9.92. The van der Waals surface area contributed by atoms with E-state index in [1.165, 1.54) is 0 Å². The number of ether oxygens (including phenoxy) is 1. The first-order chi connectivity index (χ1) is 11.1. The molecule has 2 aliphatic heterocycles. The second-order valence-corrected chi connectivity index (χ2v) is 6.43. The van der Waals surface area contributed by atoms with Crippen molar-refractivity contribution in [2.24, 2.45) is 0 Å². The van der Waals surface area contributed by atoms with E-state index in [9.17, 15) is 14.4 Å².